The Balaban J connectivity index is 1.50. The number of hydrogen-bond donors (Lipinski definition) is 0. The minimum absolute atomic E-state index is 0.0247. The molecule has 0 aromatic heterocycles. The molecule has 11 heteroatoms. The van der Waals surface area contributed by atoms with E-state index in [0.717, 1.165) is 18.4 Å². The fourth-order valence-corrected chi connectivity index (χ4v) is 8.14. The zero-order valence-corrected chi connectivity index (χ0v) is 25.5. The molecule has 1 saturated heterocycles. The Morgan fingerprint density at radius 3 is 2.33 bits per heavy atom. The highest BCUT2D eigenvalue weighted by molar-refractivity contribution is 7.93. The number of rotatable bonds is 10. The third kappa shape index (κ3) is 6.12. The SMILES string of the molecule is N#CC[C@@H]1O[C@H](c2cccc(Cl)c2)[C@@H](c2ccc(Cl)cc2)N([C@H](CN(c2ccccc2F)S(=O)(=O)C2CC2)C2CC2)C1=O. The molecular formula is C32H30Cl2FN3O4S. The maximum Gasteiger partial charge on any atom is 0.253 e. The van der Waals surface area contributed by atoms with Crippen LogP contribution in [0.2, 0.25) is 10.0 Å². The van der Waals surface area contributed by atoms with Gasteiger partial charge in [0, 0.05) is 10.0 Å². The van der Waals surface area contributed by atoms with Gasteiger partial charge < -0.3 is 9.64 Å². The number of ether oxygens (including phenoxy) is 1. The zero-order chi connectivity index (χ0) is 30.3. The predicted octanol–water partition coefficient (Wildman–Crippen LogP) is 6.83. The molecular weight excluding hydrogens is 612 g/mol. The number of halogens is 3. The van der Waals surface area contributed by atoms with E-state index in [0.29, 0.717) is 28.5 Å². The summed E-state index contributed by atoms with van der Waals surface area (Å²) in [5, 5.41) is 10.0. The summed E-state index contributed by atoms with van der Waals surface area (Å²) in [5.74, 6) is -1.08. The molecule has 2 aliphatic carbocycles. The maximum absolute atomic E-state index is 15.2. The van der Waals surface area contributed by atoms with E-state index in [4.69, 9.17) is 27.9 Å². The Kier molecular flexibility index (Phi) is 8.40. The highest BCUT2D eigenvalue weighted by Gasteiger charge is 2.52. The largest absolute Gasteiger partial charge is 0.357 e. The van der Waals surface area contributed by atoms with Crippen LogP contribution in [0.4, 0.5) is 10.1 Å². The highest BCUT2D eigenvalue weighted by Crippen LogP contribution is 2.49. The van der Waals surface area contributed by atoms with Crippen LogP contribution in [0.5, 0.6) is 0 Å². The van der Waals surface area contributed by atoms with E-state index in [1.807, 2.05) is 18.2 Å². The van der Waals surface area contributed by atoms with E-state index >= 15 is 4.39 Å². The first-order chi connectivity index (χ1) is 20.7. The lowest BCUT2D eigenvalue weighted by atomic mass is 9.89. The molecule has 0 N–H and O–H groups in total. The summed E-state index contributed by atoms with van der Waals surface area (Å²) in [4.78, 5) is 16.0. The summed E-state index contributed by atoms with van der Waals surface area (Å²) in [6.07, 6.45) is 0.580. The highest BCUT2D eigenvalue weighted by atomic mass is 35.5. The third-order valence-corrected chi connectivity index (χ3v) is 11.1. The van der Waals surface area contributed by atoms with Gasteiger partial charge in [-0.3, -0.25) is 9.10 Å². The maximum atomic E-state index is 15.2. The van der Waals surface area contributed by atoms with Gasteiger partial charge in [0.25, 0.3) is 5.91 Å². The number of carbonyl (C=O) groups excluding carboxylic acids is 1. The van der Waals surface area contributed by atoms with Crippen molar-refractivity contribution in [2.24, 2.45) is 5.92 Å². The van der Waals surface area contributed by atoms with Crippen molar-refractivity contribution >= 4 is 44.8 Å². The monoisotopic (exact) mass is 641 g/mol. The second-order valence-electron chi connectivity index (χ2n) is 11.3. The molecule has 3 aromatic carbocycles. The zero-order valence-electron chi connectivity index (χ0n) is 23.2. The normalized spacial score (nSPS) is 23.1. The minimum atomic E-state index is -3.91. The van der Waals surface area contributed by atoms with Crippen molar-refractivity contribution in [1.82, 2.24) is 4.90 Å². The summed E-state index contributed by atoms with van der Waals surface area (Å²) >= 11 is 12.6. The van der Waals surface area contributed by atoms with Crippen molar-refractivity contribution in [2.75, 3.05) is 10.8 Å². The Morgan fingerprint density at radius 1 is 0.977 bits per heavy atom. The molecule has 2 saturated carbocycles. The molecule has 0 bridgehead atoms. The van der Waals surface area contributed by atoms with Crippen LogP contribution in [0.15, 0.2) is 72.8 Å². The molecule has 1 amide bonds. The van der Waals surface area contributed by atoms with E-state index in [2.05, 4.69) is 6.07 Å². The number of hydrogen-bond acceptors (Lipinski definition) is 5. The van der Waals surface area contributed by atoms with Crippen LogP contribution in [0.3, 0.4) is 0 Å². The van der Waals surface area contributed by atoms with E-state index in [1.54, 1.807) is 41.3 Å². The standard InChI is InChI=1S/C32H30Cl2FN3O4S/c33-23-12-10-21(11-13-23)30-31(22-4-3-5-24(34)18-22)42-29(16-17-36)32(39)38(30)28(20-8-9-20)19-37(43(40,41)25-14-15-25)27-7-2-1-6-26(27)35/h1-7,10-13,18,20,25,28-31H,8-9,14-16,19H2/t28-,29+,30-,31-/m1/s1. The molecule has 6 rings (SSSR count). The summed E-state index contributed by atoms with van der Waals surface area (Å²) in [7, 11) is -3.91. The second-order valence-corrected chi connectivity index (χ2v) is 14.3. The van der Waals surface area contributed by atoms with Gasteiger partial charge in [-0.15, -0.1) is 0 Å². The van der Waals surface area contributed by atoms with Gasteiger partial charge in [-0.1, -0.05) is 59.6 Å². The Bertz CT molecular complexity index is 1660. The van der Waals surface area contributed by atoms with E-state index in [9.17, 15) is 18.5 Å². The van der Waals surface area contributed by atoms with Crippen molar-refractivity contribution in [3.05, 3.63) is 99.8 Å². The average molecular weight is 643 g/mol. The van der Waals surface area contributed by atoms with Gasteiger partial charge in [-0.2, -0.15) is 5.26 Å². The first-order valence-electron chi connectivity index (χ1n) is 14.3. The molecule has 3 aliphatic rings. The van der Waals surface area contributed by atoms with Gasteiger partial charge in [0.2, 0.25) is 10.0 Å². The first kappa shape index (κ1) is 29.9. The van der Waals surface area contributed by atoms with Gasteiger partial charge in [-0.05, 0) is 79.1 Å². The number of para-hydroxylation sites is 1. The summed E-state index contributed by atoms with van der Waals surface area (Å²) in [6, 6.07) is 20.8. The van der Waals surface area contributed by atoms with Crippen LogP contribution in [0, 0.1) is 23.1 Å². The average Bonchev–Trinajstić information content (AvgIpc) is 3.90. The second kappa shape index (κ2) is 12.1. The molecule has 1 aliphatic heterocycles. The molecule has 7 nitrogen and oxygen atoms in total. The van der Waals surface area contributed by atoms with Crippen LogP contribution >= 0.6 is 23.2 Å². The lowest BCUT2D eigenvalue weighted by molar-refractivity contribution is -0.179. The first-order valence-corrected chi connectivity index (χ1v) is 16.6. The van der Waals surface area contributed by atoms with Crippen molar-refractivity contribution < 1.29 is 22.3 Å². The van der Waals surface area contributed by atoms with Crippen molar-refractivity contribution in [3.63, 3.8) is 0 Å². The van der Waals surface area contributed by atoms with Gasteiger partial charge in [-0.25, -0.2) is 12.8 Å². The van der Waals surface area contributed by atoms with Crippen LogP contribution in [0.25, 0.3) is 0 Å². The van der Waals surface area contributed by atoms with Crippen LogP contribution in [-0.4, -0.2) is 43.2 Å². The smallest absolute Gasteiger partial charge is 0.253 e. The fourth-order valence-electron chi connectivity index (χ4n) is 5.94. The molecule has 0 unspecified atom stereocenters. The Morgan fingerprint density at radius 2 is 1.70 bits per heavy atom. The fraction of sp³-hybridized carbons (Fsp3) is 0.375. The molecule has 1 heterocycles. The molecule has 4 atom stereocenters. The number of benzene rings is 3. The van der Waals surface area contributed by atoms with Gasteiger partial charge in [0.1, 0.15) is 18.0 Å². The van der Waals surface area contributed by atoms with Crippen LogP contribution in [0.1, 0.15) is 55.4 Å². The van der Waals surface area contributed by atoms with Crippen molar-refractivity contribution in [3.8, 4) is 6.07 Å². The number of morpholine rings is 1. The number of nitriles is 1. The molecule has 3 aromatic rings. The quantitative estimate of drug-likeness (QED) is 0.242. The summed E-state index contributed by atoms with van der Waals surface area (Å²) < 4.78 is 50.4. The van der Waals surface area contributed by atoms with Crippen LogP contribution < -0.4 is 4.31 Å². The van der Waals surface area contributed by atoms with Gasteiger partial charge in [0.15, 0.2) is 0 Å². The molecule has 0 radical (unpaired) electrons. The van der Waals surface area contributed by atoms with Gasteiger partial charge >= 0.3 is 0 Å². The Hall–Kier alpha value is -3.16. The molecule has 0 spiro atoms. The number of sulfonamides is 1. The van der Waals surface area contributed by atoms with Crippen molar-refractivity contribution in [2.45, 2.75) is 61.6 Å². The summed E-state index contributed by atoms with van der Waals surface area (Å²) in [6.45, 7) is -0.123. The predicted molar refractivity (Wildman–Crippen MR) is 163 cm³/mol. The lowest BCUT2D eigenvalue weighted by Gasteiger charge is -2.49. The summed E-state index contributed by atoms with van der Waals surface area (Å²) in [5.41, 5.74) is 1.40. The number of nitrogens with zero attached hydrogens (tertiary/aromatic N) is 3. The number of amides is 1. The van der Waals surface area contributed by atoms with Gasteiger partial charge in [0.05, 0.1) is 42.1 Å². The Labute approximate surface area is 260 Å². The third-order valence-electron chi connectivity index (χ3n) is 8.34. The molecule has 43 heavy (non-hydrogen) atoms. The topological polar surface area (TPSA) is 90.7 Å². The van der Waals surface area contributed by atoms with Crippen LogP contribution in [-0.2, 0) is 19.6 Å². The minimum Gasteiger partial charge on any atom is -0.357 e. The lowest BCUT2D eigenvalue weighted by Crippen LogP contribution is -2.58. The number of carbonyl (C=O) groups is 1. The molecule has 3 fully saturated rings. The van der Waals surface area contributed by atoms with E-state index < -0.39 is 51.3 Å². The van der Waals surface area contributed by atoms with E-state index in [1.165, 1.54) is 22.5 Å². The van der Waals surface area contributed by atoms with E-state index in [-0.39, 0.29) is 24.6 Å². The molecule has 224 valence electrons. The van der Waals surface area contributed by atoms with Crippen molar-refractivity contribution in [1.29, 1.82) is 5.26 Å². The number of anilines is 1.